The van der Waals surface area contributed by atoms with Crippen molar-refractivity contribution in [2.45, 2.75) is 18.2 Å². The van der Waals surface area contributed by atoms with Crippen LogP contribution in [0.25, 0.3) is 11.6 Å². The number of halogens is 2. The van der Waals surface area contributed by atoms with Gasteiger partial charge in [-0.15, -0.1) is 10.2 Å². The predicted molar refractivity (Wildman–Crippen MR) is 80.6 cm³/mol. The van der Waals surface area contributed by atoms with Crippen molar-refractivity contribution in [3.63, 3.8) is 0 Å². The Kier molecular flexibility index (Phi) is 4.06. The summed E-state index contributed by atoms with van der Waals surface area (Å²) < 4.78 is 58.6. The van der Waals surface area contributed by atoms with Crippen LogP contribution in [0.5, 0.6) is 0 Å². The predicted octanol–water partition coefficient (Wildman–Crippen LogP) is 2.71. The molecular formula is C14H12F2N4O3S. The Bertz CT molecular complexity index is 982. The van der Waals surface area contributed by atoms with Gasteiger partial charge in [0.15, 0.2) is 0 Å². The minimum absolute atomic E-state index is 0.130. The lowest BCUT2D eigenvalue weighted by Crippen LogP contribution is -2.13. The quantitative estimate of drug-likeness (QED) is 0.734. The number of hydrogen-bond acceptors (Lipinski definition) is 5. The Hall–Kier alpha value is -2.75. The number of aromatic nitrogens is 3. The molecule has 0 bridgehead atoms. The summed E-state index contributed by atoms with van der Waals surface area (Å²) in [7, 11) is -4.12. The molecule has 0 amide bonds. The Morgan fingerprint density at radius 2 is 2.04 bits per heavy atom. The van der Waals surface area contributed by atoms with Gasteiger partial charge in [0.2, 0.25) is 5.89 Å². The molecule has 0 radical (unpaired) electrons. The largest absolute Gasteiger partial charge is 0.419 e. The third-order valence-corrected chi connectivity index (χ3v) is 4.48. The number of anilines is 1. The van der Waals surface area contributed by atoms with E-state index in [4.69, 9.17) is 4.42 Å². The second kappa shape index (κ2) is 6.04. The molecule has 3 rings (SSSR count). The minimum atomic E-state index is -4.12. The van der Waals surface area contributed by atoms with Gasteiger partial charge in [-0.2, -0.15) is 0 Å². The van der Waals surface area contributed by atoms with E-state index < -0.39 is 27.3 Å². The number of hydrogen-bond donors (Lipinski definition) is 2. The molecule has 0 saturated heterocycles. The lowest BCUT2D eigenvalue weighted by Gasteiger charge is -2.07. The topological polar surface area (TPSA) is 101 Å². The van der Waals surface area contributed by atoms with Gasteiger partial charge in [0.25, 0.3) is 15.9 Å². The number of aromatic amines is 1. The van der Waals surface area contributed by atoms with Crippen LogP contribution in [0.4, 0.5) is 14.5 Å². The van der Waals surface area contributed by atoms with Crippen LogP contribution in [0.1, 0.15) is 12.8 Å². The van der Waals surface area contributed by atoms with Gasteiger partial charge >= 0.3 is 0 Å². The molecular weight excluding hydrogens is 342 g/mol. The van der Waals surface area contributed by atoms with Gasteiger partial charge < -0.3 is 9.40 Å². The first-order valence-corrected chi connectivity index (χ1v) is 8.36. The molecule has 126 valence electrons. The molecule has 2 heterocycles. The summed E-state index contributed by atoms with van der Waals surface area (Å²) in [5.74, 6) is -1.11. The van der Waals surface area contributed by atoms with E-state index in [0.29, 0.717) is 18.0 Å². The number of rotatable bonds is 5. The van der Waals surface area contributed by atoms with E-state index in [1.54, 1.807) is 0 Å². The van der Waals surface area contributed by atoms with Crippen LogP contribution in [-0.2, 0) is 16.4 Å². The second-order valence-electron chi connectivity index (χ2n) is 4.83. The molecule has 0 spiro atoms. The molecule has 7 nitrogen and oxygen atoms in total. The summed E-state index contributed by atoms with van der Waals surface area (Å²) in [6.07, 6.45) is 1.73. The van der Waals surface area contributed by atoms with Crippen molar-refractivity contribution in [3.8, 4) is 11.6 Å². The fourth-order valence-corrected chi connectivity index (χ4v) is 2.99. The van der Waals surface area contributed by atoms with Crippen molar-refractivity contribution < 1.29 is 21.6 Å². The molecule has 2 aromatic heterocycles. The highest BCUT2D eigenvalue weighted by Gasteiger charge is 2.20. The molecule has 0 aliphatic heterocycles. The molecule has 2 N–H and O–H groups in total. The lowest BCUT2D eigenvalue weighted by atomic mass is 10.3. The average molecular weight is 354 g/mol. The Labute approximate surface area is 135 Å². The summed E-state index contributed by atoms with van der Waals surface area (Å²) in [5.41, 5.74) is -0.189. The van der Waals surface area contributed by atoms with Crippen molar-refractivity contribution in [2.24, 2.45) is 0 Å². The van der Waals surface area contributed by atoms with Crippen molar-refractivity contribution >= 4 is 15.7 Å². The maximum atomic E-state index is 13.6. The standard InChI is InChI=1S/C14H12F2N4O3S/c1-2-13-18-19-14(23-13)12-6-9(7-17-12)24(21,22)20-11-5-8(15)3-4-10(11)16/h3-7,17,20H,2H2,1H3. The van der Waals surface area contributed by atoms with Gasteiger partial charge in [-0.1, -0.05) is 6.92 Å². The summed E-state index contributed by atoms with van der Waals surface area (Å²) >= 11 is 0. The fraction of sp³-hybridized carbons (Fsp3) is 0.143. The van der Waals surface area contributed by atoms with Gasteiger partial charge in [-0.05, 0) is 18.2 Å². The lowest BCUT2D eigenvalue weighted by molar-refractivity contribution is 0.511. The zero-order valence-electron chi connectivity index (χ0n) is 12.4. The molecule has 1 aromatic carbocycles. The Morgan fingerprint density at radius 1 is 1.25 bits per heavy atom. The zero-order valence-corrected chi connectivity index (χ0v) is 13.2. The van der Waals surface area contributed by atoms with Crippen LogP contribution in [-0.4, -0.2) is 23.6 Å². The van der Waals surface area contributed by atoms with Gasteiger partial charge in [0, 0.05) is 18.7 Å². The monoisotopic (exact) mass is 354 g/mol. The molecule has 10 heteroatoms. The highest BCUT2D eigenvalue weighted by Crippen LogP contribution is 2.24. The normalized spacial score (nSPS) is 11.6. The molecule has 0 aliphatic rings. The van der Waals surface area contributed by atoms with Crippen LogP contribution >= 0.6 is 0 Å². The molecule has 0 atom stereocenters. The summed E-state index contributed by atoms with van der Waals surface area (Å²) in [4.78, 5) is 2.51. The van der Waals surface area contributed by atoms with Gasteiger partial charge in [-0.25, -0.2) is 17.2 Å². The van der Waals surface area contributed by atoms with E-state index in [1.807, 2.05) is 11.6 Å². The number of nitrogens with zero attached hydrogens (tertiary/aromatic N) is 2. The van der Waals surface area contributed by atoms with E-state index in [-0.39, 0.29) is 10.8 Å². The first kappa shape index (κ1) is 16.1. The van der Waals surface area contributed by atoms with Crippen LogP contribution in [0.15, 0.2) is 39.8 Å². The molecule has 0 saturated carbocycles. The summed E-state index contributed by atoms with van der Waals surface area (Å²) in [6.45, 7) is 1.83. The smallest absolute Gasteiger partial charge is 0.264 e. The van der Waals surface area contributed by atoms with E-state index in [2.05, 4.69) is 15.2 Å². The number of benzene rings is 1. The molecule has 0 fully saturated rings. The van der Waals surface area contributed by atoms with Crippen LogP contribution in [0, 0.1) is 11.6 Å². The van der Waals surface area contributed by atoms with Gasteiger partial charge in [0.05, 0.1) is 5.69 Å². The third-order valence-electron chi connectivity index (χ3n) is 3.14. The second-order valence-corrected chi connectivity index (χ2v) is 6.52. The number of aryl methyl sites for hydroxylation is 1. The molecule has 0 aliphatic carbocycles. The first-order valence-electron chi connectivity index (χ1n) is 6.88. The molecule has 0 unspecified atom stereocenters. The maximum absolute atomic E-state index is 13.6. The van der Waals surface area contributed by atoms with Crippen molar-refractivity contribution in [1.82, 2.24) is 15.2 Å². The number of H-pyrrole nitrogens is 1. The summed E-state index contributed by atoms with van der Waals surface area (Å²) in [6, 6.07) is 3.74. The highest BCUT2D eigenvalue weighted by atomic mass is 32.2. The van der Waals surface area contributed by atoms with Crippen LogP contribution < -0.4 is 4.72 Å². The Morgan fingerprint density at radius 3 is 2.75 bits per heavy atom. The van der Waals surface area contributed by atoms with E-state index in [0.717, 1.165) is 18.2 Å². The molecule has 24 heavy (non-hydrogen) atoms. The van der Waals surface area contributed by atoms with Crippen LogP contribution in [0.3, 0.4) is 0 Å². The van der Waals surface area contributed by atoms with Gasteiger partial charge in [0.1, 0.15) is 22.2 Å². The first-order chi connectivity index (χ1) is 11.4. The van der Waals surface area contributed by atoms with Crippen molar-refractivity contribution in [2.75, 3.05) is 4.72 Å². The average Bonchev–Trinajstić information content (AvgIpc) is 3.19. The van der Waals surface area contributed by atoms with E-state index in [1.165, 1.54) is 12.3 Å². The van der Waals surface area contributed by atoms with E-state index >= 15 is 0 Å². The number of nitrogens with one attached hydrogen (secondary N) is 2. The molecule has 3 aromatic rings. The number of sulfonamides is 1. The zero-order chi connectivity index (χ0) is 17.3. The van der Waals surface area contributed by atoms with E-state index in [9.17, 15) is 17.2 Å². The van der Waals surface area contributed by atoms with Crippen molar-refractivity contribution in [1.29, 1.82) is 0 Å². The summed E-state index contributed by atoms with van der Waals surface area (Å²) in [5, 5.41) is 7.57. The minimum Gasteiger partial charge on any atom is -0.419 e. The Balaban J connectivity index is 1.89. The van der Waals surface area contributed by atoms with Crippen molar-refractivity contribution in [3.05, 3.63) is 48.0 Å². The SMILES string of the molecule is CCc1nnc(-c2cc(S(=O)(=O)Nc3cc(F)ccc3F)c[nH]2)o1. The van der Waals surface area contributed by atoms with Crippen LogP contribution in [0.2, 0.25) is 0 Å². The highest BCUT2D eigenvalue weighted by molar-refractivity contribution is 7.92. The maximum Gasteiger partial charge on any atom is 0.264 e. The van der Waals surface area contributed by atoms with Gasteiger partial charge in [-0.3, -0.25) is 4.72 Å². The fourth-order valence-electron chi connectivity index (χ4n) is 1.94. The third kappa shape index (κ3) is 3.13.